The molecule has 0 radical (unpaired) electrons. The maximum Gasteiger partial charge on any atom is 0.123 e. The first-order chi connectivity index (χ1) is 9.10. The highest BCUT2D eigenvalue weighted by Crippen LogP contribution is 2.36. The van der Waals surface area contributed by atoms with Crippen molar-refractivity contribution in [1.82, 2.24) is 0 Å². The second-order valence-electron chi connectivity index (χ2n) is 8.17. The SMILES string of the molecule is CC(C)(C)CC(C)(C)c1ccc(OCC2(C)CO2)cc1. The molecule has 112 valence electrons. The average molecular weight is 276 g/mol. The number of hydrogen-bond acceptors (Lipinski definition) is 2. The van der Waals surface area contributed by atoms with Gasteiger partial charge in [0, 0.05) is 0 Å². The van der Waals surface area contributed by atoms with Crippen LogP contribution in [0.3, 0.4) is 0 Å². The van der Waals surface area contributed by atoms with E-state index in [2.05, 4.69) is 65.8 Å². The zero-order valence-corrected chi connectivity index (χ0v) is 13.7. The summed E-state index contributed by atoms with van der Waals surface area (Å²) in [6.07, 6.45) is 1.16. The molecular formula is C18H28O2. The van der Waals surface area contributed by atoms with Gasteiger partial charge in [-0.2, -0.15) is 0 Å². The minimum Gasteiger partial charge on any atom is -0.491 e. The molecule has 1 heterocycles. The van der Waals surface area contributed by atoms with Crippen LogP contribution in [0.2, 0.25) is 0 Å². The molecule has 1 aliphatic rings. The van der Waals surface area contributed by atoms with Crippen molar-refractivity contribution >= 4 is 0 Å². The Morgan fingerprint density at radius 1 is 1.10 bits per heavy atom. The van der Waals surface area contributed by atoms with Crippen LogP contribution in [0.1, 0.15) is 53.5 Å². The zero-order valence-electron chi connectivity index (χ0n) is 13.7. The van der Waals surface area contributed by atoms with Crippen LogP contribution < -0.4 is 4.74 Å². The van der Waals surface area contributed by atoms with Gasteiger partial charge >= 0.3 is 0 Å². The third kappa shape index (κ3) is 4.24. The van der Waals surface area contributed by atoms with Gasteiger partial charge < -0.3 is 9.47 Å². The van der Waals surface area contributed by atoms with Gasteiger partial charge in [-0.15, -0.1) is 0 Å². The summed E-state index contributed by atoms with van der Waals surface area (Å²) in [5.41, 5.74) is 1.83. The lowest BCUT2D eigenvalue weighted by molar-refractivity contribution is 0.202. The van der Waals surface area contributed by atoms with Gasteiger partial charge in [0.2, 0.25) is 0 Å². The molecule has 0 N–H and O–H groups in total. The molecule has 1 aromatic carbocycles. The van der Waals surface area contributed by atoms with E-state index in [1.165, 1.54) is 5.56 Å². The molecule has 0 aliphatic carbocycles. The molecule has 2 nitrogen and oxygen atoms in total. The summed E-state index contributed by atoms with van der Waals surface area (Å²) in [6, 6.07) is 8.53. The second kappa shape index (κ2) is 5.07. The number of hydrogen-bond donors (Lipinski definition) is 0. The van der Waals surface area contributed by atoms with Crippen molar-refractivity contribution in [2.45, 2.75) is 59.0 Å². The minimum absolute atomic E-state index is 0.0514. The van der Waals surface area contributed by atoms with Crippen LogP contribution in [0.5, 0.6) is 5.75 Å². The molecule has 0 aromatic heterocycles. The van der Waals surface area contributed by atoms with E-state index >= 15 is 0 Å². The molecule has 20 heavy (non-hydrogen) atoms. The van der Waals surface area contributed by atoms with Gasteiger partial charge in [0.1, 0.15) is 18.0 Å². The third-order valence-corrected chi connectivity index (χ3v) is 3.79. The summed E-state index contributed by atoms with van der Waals surface area (Å²) in [5, 5.41) is 0. The van der Waals surface area contributed by atoms with Gasteiger partial charge in [-0.05, 0) is 41.9 Å². The third-order valence-electron chi connectivity index (χ3n) is 3.79. The Balaban J connectivity index is 1.99. The molecule has 1 aliphatic heterocycles. The van der Waals surface area contributed by atoms with Crippen molar-refractivity contribution in [2.24, 2.45) is 5.41 Å². The highest BCUT2D eigenvalue weighted by Gasteiger charge is 2.40. The maximum absolute atomic E-state index is 5.78. The largest absolute Gasteiger partial charge is 0.491 e. The standard InChI is InChI=1S/C18H28O2/c1-16(2,3)11-17(4,5)14-7-9-15(10-8-14)19-12-18(6)13-20-18/h7-10H,11-13H2,1-6H3. The molecule has 0 bridgehead atoms. The fourth-order valence-corrected chi connectivity index (χ4v) is 2.87. The molecule has 2 heteroatoms. The monoisotopic (exact) mass is 276 g/mol. The number of ether oxygens (including phenoxy) is 2. The topological polar surface area (TPSA) is 21.8 Å². The molecule has 0 amide bonds. The fraction of sp³-hybridized carbons (Fsp3) is 0.667. The summed E-state index contributed by atoms with van der Waals surface area (Å²) in [7, 11) is 0. The van der Waals surface area contributed by atoms with Crippen LogP contribution in [-0.4, -0.2) is 18.8 Å². The van der Waals surface area contributed by atoms with Crippen LogP contribution in [0.25, 0.3) is 0 Å². The van der Waals surface area contributed by atoms with Crippen molar-refractivity contribution in [3.05, 3.63) is 29.8 Å². The Morgan fingerprint density at radius 3 is 2.10 bits per heavy atom. The van der Waals surface area contributed by atoms with E-state index in [0.29, 0.717) is 12.0 Å². The first-order valence-electron chi connectivity index (χ1n) is 7.47. The van der Waals surface area contributed by atoms with Gasteiger partial charge in [-0.25, -0.2) is 0 Å². The second-order valence-corrected chi connectivity index (χ2v) is 8.17. The number of rotatable bonds is 5. The van der Waals surface area contributed by atoms with Crippen molar-refractivity contribution in [1.29, 1.82) is 0 Å². The van der Waals surface area contributed by atoms with Crippen molar-refractivity contribution in [2.75, 3.05) is 13.2 Å². The predicted molar refractivity (Wildman–Crippen MR) is 83.4 cm³/mol. The van der Waals surface area contributed by atoms with Crippen molar-refractivity contribution < 1.29 is 9.47 Å². The predicted octanol–water partition coefficient (Wildman–Crippen LogP) is 4.57. The van der Waals surface area contributed by atoms with E-state index in [1.807, 2.05) is 0 Å². The minimum atomic E-state index is -0.0514. The summed E-state index contributed by atoms with van der Waals surface area (Å²) in [4.78, 5) is 0. The molecular weight excluding hydrogens is 248 g/mol. The van der Waals surface area contributed by atoms with E-state index in [4.69, 9.17) is 9.47 Å². The Morgan fingerprint density at radius 2 is 1.65 bits per heavy atom. The molecule has 1 unspecified atom stereocenters. The van der Waals surface area contributed by atoms with Gasteiger partial charge in [-0.1, -0.05) is 46.8 Å². The summed E-state index contributed by atoms with van der Waals surface area (Å²) in [5.74, 6) is 0.928. The zero-order chi connectivity index (χ0) is 15.0. The lowest BCUT2D eigenvalue weighted by Crippen LogP contribution is -2.24. The van der Waals surface area contributed by atoms with Crippen LogP contribution in [0.4, 0.5) is 0 Å². The Labute approximate surface area is 123 Å². The molecule has 1 saturated heterocycles. The van der Waals surface area contributed by atoms with Crippen molar-refractivity contribution in [3.63, 3.8) is 0 Å². The van der Waals surface area contributed by atoms with Crippen LogP contribution >= 0.6 is 0 Å². The molecule has 2 rings (SSSR count). The van der Waals surface area contributed by atoms with Gasteiger partial charge in [0.05, 0.1) is 6.61 Å². The highest BCUT2D eigenvalue weighted by atomic mass is 16.6. The number of benzene rings is 1. The number of epoxide rings is 1. The van der Waals surface area contributed by atoms with E-state index in [1.54, 1.807) is 0 Å². The van der Waals surface area contributed by atoms with E-state index < -0.39 is 0 Å². The first kappa shape index (κ1) is 15.4. The quantitative estimate of drug-likeness (QED) is 0.735. The average Bonchev–Trinajstić information content (AvgIpc) is 3.03. The molecule has 1 aromatic rings. The van der Waals surface area contributed by atoms with Gasteiger partial charge in [0.15, 0.2) is 0 Å². The Bertz CT molecular complexity index is 447. The van der Waals surface area contributed by atoms with E-state index in [9.17, 15) is 0 Å². The van der Waals surface area contributed by atoms with Crippen LogP contribution in [0.15, 0.2) is 24.3 Å². The molecule has 1 fully saturated rings. The van der Waals surface area contributed by atoms with Crippen molar-refractivity contribution in [3.8, 4) is 5.75 Å². The van der Waals surface area contributed by atoms with Crippen LogP contribution in [0, 0.1) is 5.41 Å². The fourth-order valence-electron chi connectivity index (χ4n) is 2.87. The lowest BCUT2D eigenvalue weighted by Gasteiger charge is -2.33. The summed E-state index contributed by atoms with van der Waals surface area (Å²) < 4.78 is 11.1. The molecule has 0 saturated carbocycles. The van der Waals surface area contributed by atoms with E-state index in [-0.39, 0.29) is 11.0 Å². The molecule has 0 spiro atoms. The Kier molecular flexibility index (Phi) is 3.90. The maximum atomic E-state index is 5.78. The highest BCUT2D eigenvalue weighted by molar-refractivity contribution is 5.32. The smallest absolute Gasteiger partial charge is 0.123 e. The van der Waals surface area contributed by atoms with Gasteiger partial charge in [0.25, 0.3) is 0 Å². The lowest BCUT2D eigenvalue weighted by atomic mass is 9.72. The normalized spacial score (nSPS) is 22.7. The Hall–Kier alpha value is -1.02. The van der Waals surface area contributed by atoms with Crippen LogP contribution in [-0.2, 0) is 10.2 Å². The summed E-state index contributed by atoms with van der Waals surface area (Å²) >= 11 is 0. The first-order valence-corrected chi connectivity index (χ1v) is 7.47. The van der Waals surface area contributed by atoms with E-state index in [0.717, 1.165) is 18.8 Å². The molecule has 1 atom stereocenters. The summed E-state index contributed by atoms with van der Waals surface area (Å²) in [6.45, 7) is 15.0. The van der Waals surface area contributed by atoms with Gasteiger partial charge in [-0.3, -0.25) is 0 Å².